The van der Waals surface area contributed by atoms with Gasteiger partial charge in [-0.1, -0.05) is 72.0 Å². The van der Waals surface area contributed by atoms with E-state index in [2.05, 4.69) is 14.2 Å². The van der Waals surface area contributed by atoms with Gasteiger partial charge in [0.1, 0.15) is 0 Å². The summed E-state index contributed by atoms with van der Waals surface area (Å²) in [6, 6.07) is 13.3. The molecule has 0 amide bonds. The predicted molar refractivity (Wildman–Crippen MR) is 187 cm³/mol. The average molecular weight is 711 g/mol. The van der Waals surface area contributed by atoms with Crippen LogP contribution in [0, 0.1) is 17.5 Å². The van der Waals surface area contributed by atoms with Crippen molar-refractivity contribution in [2.45, 2.75) is 91.9 Å². The van der Waals surface area contributed by atoms with Gasteiger partial charge in [-0.25, -0.2) is 13.2 Å². The van der Waals surface area contributed by atoms with Gasteiger partial charge in [-0.2, -0.15) is 0 Å². The van der Waals surface area contributed by atoms with E-state index in [1.165, 1.54) is 39.5 Å². The van der Waals surface area contributed by atoms with Gasteiger partial charge in [-0.15, -0.1) is 0 Å². The lowest BCUT2D eigenvalue weighted by atomic mass is 9.92. The van der Waals surface area contributed by atoms with Gasteiger partial charge in [0.15, 0.2) is 34.7 Å². The molecule has 3 rings (SSSR count). The molecule has 0 aliphatic heterocycles. The van der Waals surface area contributed by atoms with Crippen molar-refractivity contribution in [3.05, 3.63) is 88.7 Å². The molecule has 3 aromatic rings. The van der Waals surface area contributed by atoms with Gasteiger partial charge in [0.2, 0.25) is 0 Å². The van der Waals surface area contributed by atoms with Crippen LogP contribution in [0.2, 0.25) is 0 Å². The number of halogens is 3. The summed E-state index contributed by atoms with van der Waals surface area (Å²) < 4.78 is 54.4. The summed E-state index contributed by atoms with van der Waals surface area (Å²) in [5.74, 6) is -5.06. The van der Waals surface area contributed by atoms with Crippen LogP contribution in [0.3, 0.4) is 0 Å². The van der Waals surface area contributed by atoms with Gasteiger partial charge >= 0.3 is 17.9 Å². The zero-order chi connectivity index (χ0) is 36.4. The van der Waals surface area contributed by atoms with E-state index in [0.29, 0.717) is 36.0 Å². The largest absolute Gasteiger partial charge is 0.505 e. The molecule has 0 aliphatic carbocycles. The van der Waals surface area contributed by atoms with E-state index in [-0.39, 0.29) is 87.0 Å². The second kappa shape index (κ2) is 24.4. The van der Waals surface area contributed by atoms with Crippen molar-refractivity contribution in [2.75, 3.05) is 21.3 Å². The lowest BCUT2D eigenvalue weighted by Crippen LogP contribution is -2.09. The Morgan fingerprint density at radius 1 is 0.520 bits per heavy atom. The van der Waals surface area contributed by atoms with Gasteiger partial charge in [-0.3, -0.25) is 14.4 Å². The quantitative estimate of drug-likeness (QED) is 0.124. The lowest BCUT2D eigenvalue weighted by molar-refractivity contribution is -0.142. The molecular formula is C38H53F3O9. The summed E-state index contributed by atoms with van der Waals surface area (Å²) in [6.45, 7) is 5.57. The summed E-state index contributed by atoms with van der Waals surface area (Å²) in [6.07, 6.45) is 2.18. The second-order valence-corrected chi connectivity index (χ2v) is 10.7. The van der Waals surface area contributed by atoms with E-state index in [0.717, 1.165) is 0 Å². The second-order valence-electron chi connectivity index (χ2n) is 10.7. The molecule has 9 nitrogen and oxygen atoms in total. The summed E-state index contributed by atoms with van der Waals surface area (Å²) in [5, 5.41) is 27.7. The molecule has 280 valence electrons. The first-order valence-electron chi connectivity index (χ1n) is 15.4. The molecule has 0 bridgehead atoms. The highest BCUT2D eigenvalue weighted by Crippen LogP contribution is 2.32. The molecule has 3 N–H and O–H groups in total. The van der Waals surface area contributed by atoms with Crippen molar-refractivity contribution in [3.63, 3.8) is 0 Å². The summed E-state index contributed by atoms with van der Waals surface area (Å²) in [5.41, 5.74) is 1.06. The van der Waals surface area contributed by atoms with Crippen LogP contribution in [-0.2, 0) is 28.6 Å². The fraction of sp³-hybridized carbons (Fsp3) is 0.447. The van der Waals surface area contributed by atoms with Crippen molar-refractivity contribution in [3.8, 4) is 17.2 Å². The summed E-state index contributed by atoms with van der Waals surface area (Å²) >= 11 is 0. The third kappa shape index (κ3) is 14.4. The van der Waals surface area contributed by atoms with Crippen LogP contribution in [0.15, 0.2) is 54.6 Å². The van der Waals surface area contributed by atoms with Crippen LogP contribution < -0.4 is 0 Å². The molecule has 0 radical (unpaired) electrons. The number of hydrogen-bond donors (Lipinski definition) is 3. The number of esters is 3. The number of rotatable bonds is 12. The van der Waals surface area contributed by atoms with E-state index in [4.69, 9.17) is 0 Å². The Bertz CT molecular complexity index is 1310. The molecule has 0 heterocycles. The fourth-order valence-electron chi connectivity index (χ4n) is 4.83. The van der Waals surface area contributed by atoms with Crippen LogP contribution in [-0.4, -0.2) is 54.6 Å². The normalized spacial score (nSPS) is 11.7. The fourth-order valence-corrected chi connectivity index (χ4v) is 4.83. The number of methoxy groups -OCH3 is 3. The van der Waals surface area contributed by atoms with E-state index >= 15 is 0 Å². The maximum absolute atomic E-state index is 13.6. The molecule has 1 unspecified atom stereocenters. The summed E-state index contributed by atoms with van der Waals surface area (Å²) in [7, 11) is 3.90. The topological polar surface area (TPSA) is 140 Å². The molecule has 50 heavy (non-hydrogen) atoms. The number of phenols is 3. The highest BCUT2D eigenvalue weighted by atomic mass is 19.1. The SMILES string of the molecule is C.C.CCC(CC(=O)OC)c1cccc(O)c1F.CC[C@@H](CC(=O)OC)c1cccc(O)c1F.CC[C@H](CC(=O)OC)c1cccc(O)c1F. The lowest BCUT2D eigenvalue weighted by Gasteiger charge is -2.15. The zero-order valence-electron chi connectivity index (χ0n) is 28.1. The Morgan fingerprint density at radius 2 is 0.740 bits per heavy atom. The van der Waals surface area contributed by atoms with Gasteiger partial charge < -0.3 is 29.5 Å². The van der Waals surface area contributed by atoms with E-state index in [9.17, 15) is 42.9 Å². The van der Waals surface area contributed by atoms with Gasteiger partial charge in [0, 0.05) is 0 Å². The molecule has 0 aliphatic rings. The molecule has 12 heteroatoms. The minimum absolute atomic E-state index is 0. The summed E-state index contributed by atoms with van der Waals surface area (Å²) in [4.78, 5) is 33.4. The van der Waals surface area contributed by atoms with Gasteiger partial charge in [-0.05, 0) is 71.9 Å². The van der Waals surface area contributed by atoms with Crippen molar-refractivity contribution < 1.29 is 57.1 Å². The molecule has 0 saturated carbocycles. The van der Waals surface area contributed by atoms with Gasteiger partial charge in [0.25, 0.3) is 0 Å². The van der Waals surface area contributed by atoms with Crippen LogP contribution in [0.5, 0.6) is 17.2 Å². The number of hydrogen-bond acceptors (Lipinski definition) is 9. The first-order chi connectivity index (χ1) is 22.8. The number of carbonyl (C=O) groups is 3. The third-order valence-electron chi connectivity index (χ3n) is 7.74. The van der Waals surface area contributed by atoms with E-state index < -0.39 is 17.5 Å². The van der Waals surface area contributed by atoms with E-state index in [1.807, 2.05) is 20.8 Å². The molecular weight excluding hydrogens is 657 g/mol. The Morgan fingerprint density at radius 3 is 0.920 bits per heavy atom. The zero-order valence-corrected chi connectivity index (χ0v) is 28.1. The van der Waals surface area contributed by atoms with Crippen LogP contribution >= 0.6 is 0 Å². The number of phenolic OH excluding ortho intramolecular Hbond substituents is 3. The molecule has 3 atom stereocenters. The van der Waals surface area contributed by atoms with Crippen LogP contribution in [0.1, 0.15) is 109 Å². The monoisotopic (exact) mass is 710 g/mol. The first-order valence-corrected chi connectivity index (χ1v) is 15.4. The van der Waals surface area contributed by atoms with Gasteiger partial charge in [0.05, 0.1) is 40.6 Å². The minimum Gasteiger partial charge on any atom is -0.505 e. The molecule has 0 aromatic heterocycles. The predicted octanol–water partition coefficient (Wildman–Crippen LogP) is 9.04. The Hall–Kier alpha value is -4.74. The third-order valence-corrected chi connectivity index (χ3v) is 7.74. The number of ether oxygens (including phenoxy) is 3. The van der Waals surface area contributed by atoms with Crippen molar-refractivity contribution >= 4 is 17.9 Å². The Balaban J connectivity index is 0. The molecule has 3 aromatic carbocycles. The maximum atomic E-state index is 13.6. The number of benzene rings is 3. The Labute approximate surface area is 294 Å². The first kappa shape index (κ1) is 47.4. The molecule has 0 saturated heterocycles. The number of aromatic hydroxyl groups is 3. The minimum atomic E-state index is -0.654. The average Bonchev–Trinajstić information content (AvgIpc) is 3.09. The van der Waals surface area contributed by atoms with Crippen LogP contribution in [0.25, 0.3) is 0 Å². The van der Waals surface area contributed by atoms with Crippen molar-refractivity contribution in [1.82, 2.24) is 0 Å². The Kier molecular flexibility index (Phi) is 23.1. The molecule has 0 fully saturated rings. The van der Waals surface area contributed by atoms with Crippen molar-refractivity contribution in [1.29, 1.82) is 0 Å². The van der Waals surface area contributed by atoms with Crippen LogP contribution in [0.4, 0.5) is 13.2 Å². The van der Waals surface area contributed by atoms with E-state index in [1.54, 1.807) is 36.4 Å². The number of carbonyl (C=O) groups excluding carboxylic acids is 3. The highest BCUT2D eigenvalue weighted by Gasteiger charge is 2.22. The standard InChI is InChI=1S/3C12H15FO3.2CH4/c3*1-3-8(7-11(15)16-2)9-5-4-6-10(14)12(9)13;;/h3*4-6,8,14H,3,7H2,1-2H3;2*1H4/t2*8-;;;/m10.../s1. The van der Waals surface area contributed by atoms with Crippen molar-refractivity contribution in [2.24, 2.45) is 0 Å². The maximum Gasteiger partial charge on any atom is 0.306 e. The highest BCUT2D eigenvalue weighted by molar-refractivity contribution is 5.71. The molecule has 0 spiro atoms. The smallest absolute Gasteiger partial charge is 0.306 e.